The third kappa shape index (κ3) is 54.5. The van der Waals surface area contributed by atoms with Gasteiger partial charge in [-0.15, -0.1) is 0 Å². The van der Waals surface area contributed by atoms with Crippen molar-refractivity contribution in [2.75, 3.05) is 27.6 Å². The Kier molecular flexibility index (Phi) is 23.9. The summed E-state index contributed by atoms with van der Waals surface area (Å²) in [5.74, 6) is -5.48. The van der Waals surface area contributed by atoms with Gasteiger partial charge in [0.2, 0.25) is 0 Å². The average molecular weight is 312 g/mol. The van der Waals surface area contributed by atoms with Crippen molar-refractivity contribution in [1.29, 1.82) is 0 Å². The van der Waals surface area contributed by atoms with Crippen molar-refractivity contribution in [1.82, 2.24) is 0 Å². The third-order valence-electron chi connectivity index (χ3n) is 0.909. The molecule has 0 fully saturated rings. The first kappa shape index (κ1) is 27.1. The molecule has 0 aliphatic carbocycles. The molecule has 0 aliphatic heterocycles. The molecule has 0 N–H and O–H groups in total. The molecule has 124 valence electrons. The molecule has 0 rings (SSSR count). The van der Waals surface area contributed by atoms with Gasteiger partial charge in [-0.2, -0.15) is 0 Å². The highest BCUT2D eigenvalue weighted by atomic mass is 19.3. The summed E-state index contributed by atoms with van der Waals surface area (Å²) in [7, 11) is 1.00. The Hall–Kier alpha value is -1.34. The van der Waals surface area contributed by atoms with E-state index >= 15 is 0 Å². The van der Waals surface area contributed by atoms with Gasteiger partial charge < -0.3 is 9.47 Å². The van der Waals surface area contributed by atoms with E-state index < -0.39 is 25.1 Å². The minimum Gasteiger partial charge on any atom is -0.496 e. The van der Waals surface area contributed by atoms with E-state index in [0.29, 0.717) is 14.4 Å². The number of ether oxygens (including phenoxy) is 2. The lowest BCUT2D eigenvalue weighted by Crippen LogP contribution is -2.16. The van der Waals surface area contributed by atoms with E-state index in [1.54, 1.807) is 0 Å². The Balaban J connectivity index is -0.000000102. The smallest absolute Gasteiger partial charge is 0.278 e. The second kappa shape index (κ2) is 17.7. The van der Waals surface area contributed by atoms with Crippen molar-refractivity contribution in [2.45, 2.75) is 25.7 Å². The van der Waals surface area contributed by atoms with Gasteiger partial charge in [0.05, 0.1) is 26.9 Å². The Morgan fingerprint density at radius 3 is 1.00 bits per heavy atom. The number of hydrogen-bond acceptors (Lipinski definition) is 2. The Bertz CT molecular complexity index is 177. The summed E-state index contributed by atoms with van der Waals surface area (Å²) in [6.45, 7) is 6.62. The molecule has 0 saturated carbocycles. The fourth-order valence-corrected chi connectivity index (χ4v) is 0.411. The van der Waals surface area contributed by atoms with Crippen molar-refractivity contribution in [3.8, 4) is 0 Å². The largest absolute Gasteiger partial charge is 0.496 e. The molecule has 8 heteroatoms. The van der Waals surface area contributed by atoms with Crippen LogP contribution < -0.4 is 0 Å². The number of halogens is 6. The summed E-state index contributed by atoms with van der Waals surface area (Å²) in [6, 6.07) is 0. The lowest BCUT2D eigenvalue weighted by atomic mass is 10.4. The predicted octanol–water partition coefficient (Wildman–Crippen LogP) is 4.77. The fourth-order valence-electron chi connectivity index (χ4n) is 0.411. The second-order valence-electron chi connectivity index (χ2n) is 3.10. The molecule has 0 saturated heterocycles. The highest BCUT2D eigenvalue weighted by Gasteiger charge is 2.21. The maximum Gasteiger partial charge on any atom is 0.278 e. The predicted molar refractivity (Wildman–Crippen MR) is 67.6 cm³/mol. The van der Waals surface area contributed by atoms with Gasteiger partial charge in [0.15, 0.2) is 13.2 Å². The van der Waals surface area contributed by atoms with Gasteiger partial charge in [-0.3, -0.25) is 8.78 Å². The summed E-state index contributed by atoms with van der Waals surface area (Å²) in [4.78, 5) is 0. The van der Waals surface area contributed by atoms with E-state index in [-0.39, 0.29) is 0 Å². The molecular formula is C12H22F6O2. The van der Waals surface area contributed by atoms with E-state index in [1.807, 2.05) is 0 Å². The Morgan fingerprint density at radius 1 is 0.750 bits per heavy atom. The number of hydrogen-bond donors (Lipinski definition) is 0. The highest BCUT2D eigenvalue weighted by Crippen LogP contribution is 2.11. The van der Waals surface area contributed by atoms with Crippen LogP contribution in [-0.2, 0) is 9.47 Å². The summed E-state index contributed by atoms with van der Waals surface area (Å²) >= 11 is 0. The van der Waals surface area contributed by atoms with Gasteiger partial charge in [-0.1, -0.05) is 13.2 Å². The van der Waals surface area contributed by atoms with Gasteiger partial charge in [0.1, 0.15) is 0 Å². The van der Waals surface area contributed by atoms with E-state index in [4.69, 9.17) is 0 Å². The van der Waals surface area contributed by atoms with Crippen molar-refractivity contribution >= 4 is 0 Å². The monoisotopic (exact) mass is 312 g/mol. The van der Waals surface area contributed by atoms with Crippen LogP contribution in [0.25, 0.3) is 0 Å². The van der Waals surface area contributed by atoms with Crippen molar-refractivity contribution in [3.05, 3.63) is 25.7 Å². The van der Waals surface area contributed by atoms with Crippen molar-refractivity contribution in [2.24, 2.45) is 0 Å². The quantitative estimate of drug-likeness (QED) is 0.519. The molecule has 0 aliphatic rings. The lowest BCUT2D eigenvalue weighted by molar-refractivity contribution is -0.0372. The molecule has 0 heterocycles. The topological polar surface area (TPSA) is 18.5 Å². The van der Waals surface area contributed by atoms with Crippen LogP contribution in [0.1, 0.15) is 13.8 Å². The van der Waals surface area contributed by atoms with E-state index in [1.165, 1.54) is 0 Å². The van der Waals surface area contributed by atoms with Crippen LogP contribution in [0.5, 0.6) is 0 Å². The molecule has 0 amide bonds. The molecule has 20 heavy (non-hydrogen) atoms. The van der Waals surface area contributed by atoms with Crippen LogP contribution in [0.4, 0.5) is 26.3 Å². The van der Waals surface area contributed by atoms with Crippen LogP contribution in [0, 0.1) is 0 Å². The zero-order valence-corrected chi connectivity index (χ0v) is 12.1. The summed E-state index contributed by atoms with van der Waals surface area (Å²) < 4.78 is 74.4. The molecule has 0 unspecified atom stereocenters. The fraction of sp³-hybridized carbons (Fsp3) is 0.667. The molecule has 0 aromatic carbocycles. The summed E-state index contributed by atoms with van der Waals surface area (Å²) in [6.07, 6.45) is 1.99. The number of rotatable bonds is 6. The van der Waals surface area contributed by atoms with Crippen LogP contribution in [0.3, 0.4) is 0 Å². The normalized spacial score (nSPS) is 9.30. The second-order valence-corrected chi connectivity index (χ2v) is 3.10. The summed E-state index contributed by atoms with van der Waals surface area (Å²) in [5, 5.41) is 0. The first-order valence-electron chi connectivity index (χ1n) is 5.08. The molecule has 0 bridgehead atoms. The standard InChI is InChI=1S/2C5H8F2O.2CH3F/c2*1-3-8-4-5(2,6)7;2*1-2/h2*3H,1,4H2,2H3;2*1H3. The van der Waals surface area contributed by atoms with Crippen LogP contribution in [-0.4, -0.2) is 39.4 Å². The average Bonchev–Trinajstić information content (AvgIpc) is 2.38. The van der Waals surface area contributed by atoms with Crippen molar-refractivity contribution in [3.63, 3.8) is 0 Å². The minimum atomic E-state index is -2.74. The zero-order chi connectivity index (χ0) is 17.2. The first-order chi connectivity index (χ1) is 9.12. The van der Waals surface area contributed by atoms with Gasteiger partial charge >= 0.3 is 0 Å². The Labute approximate surface area is 116 Å². The summed E-state index contributed by atoms with van der Waals surface area (Å²) in [5.41, 5.74) is 0. The molecule has 0 aromatic rings. The van der Waals surface area contributed by atoms with Gasteiger partial charge in [-0.05, 0) is 0 Å². The zero-order valence-electron chi connectivity index (χ0n) is 12.1. The Morgan fingerprint density at radius 2 is 0.950 bits per heavy atom. The maximum atomic E-state index is 11.7. The van der Waals surface area contributed by atoms with E-state index in [0.717, 1.165) is 26.4 Å². The molecule has 0 atom stereocenters. The third-order valence-corrected chi connectivity index (χ3v) is 0.909. The van der Waals surface area contributed by atoms with Crippen molar-refractivity contribution < 1.29 is 35.8 Å². The van der Waals surface area contributed by atoms with Crippen LogP contribution in [0.2, 0.25) is 0 Å². The van der Waals surface area contributed by atoms with Crippen LogP contribution in [0.15, 0.2) is 25.7 Å². The molecule has 0 aromatic heterocycles. The van der Waals surface area contributed by atoms with Crippen LogP contribution >= 0.6 is 0 Å². The highest BCUT2D eigenvalue weighted by molar-refractivity contribution is 4.59. The minimum absolute atomic E-state index is 0.500. The molecular weight excluding hydrogens is 290 g/mol. The maximum absolute atomic E-state index is 11.7. The molecule has 0 spiro atoms. The lowest BCUT2D eigenvalue weighted by Gasteiger charge is -2.07. The first-order valence-corrected chi connectivity index (χ1v) is 5.08. The van der Waals surface area contributed by atoms with Gasteiger partial charge in [0.25, 0.3) is 11.8 Å². The molecule has 0 radical (unpaired) electrons. The van der Waals surface area contributed by atoms with Gasteiger partial charge in [0, 0.05) is 13.8 Å². The van der Waals surface area contributed by atoms with Gasteiger partial charge in [-0.25, -0.2) is 17.6 Å². The molecule has 2 nitrogen and oxygen atoms in total. The number of alkyl halides is 6. The SMILES string of the molecule is C=COCC(C)(F)F.C=COCC(C)(F)F.CF.CF. The van der Waals surface area contributed by atoms with E-state index in [9.17, 15) is 26.3 Å². The van der Waals surface area contributed by atoms with E-state index in [2.05, 4.69) is 22.6 Å².